The van der Waals surface area contributed by atoms with Crippen molar-refractivity contribution in [3.05, 3.63) is 29.3 Å². The first-order chi connectivity index (χ1) is 11.0. The molecule has 0 aromatic heterocycles. The summed E-state index contributed by atoms with van der Waals surface area (Å²) in [5.74, 6) is -0.305. The van der Waals surface area contributed by atoms with Crippen LogP contribution in [0.25, 0.3) is 0 Å². The van der Waals surface area contributed by atoms with Gasteiger partial charge in [0, 0.05) is 19.0 Å². The van der Waals surface area contributed by atoms with Crippen molar-refractivity contribution < 1.29 is 13.2 Å². The molecule has 1 aromatic rings. The summed E-state index contributed by atoms with van der Waals surface area (Å²) in [5, 5.41) is 6.15. The molecule has 1 heterocycles. The van der Waals surface area contributed by atoms with Crippen LogP contribution in [0, 0.1) is 0 Å². The Balaban J connectivity index is 1.57. The third kappa shape index (κ3) is 4.12. The van der Waals surface area contributed by atoms with Crippen LogP contribution in [0.3, 0.4) is 0 Å². The lowest BCUT2D eigenvalue weighted by molar-refractivity contribution is -0.121. The molecule has 23 heavy (non-hydrogen) atoms. The summed E-state index contributed by atoms with van der Waals surface area (Å²) in [6.45, 7) is 1.75. The fraction of sp³-hybridized carbons (Fsp3) is 0.588. The van der Waals surface area contributed by atoms with Crippen molar-refractivity contribution in [2.75, 3.05) is 18.8 Å². The largest absolute Gasteiger partial charge is 0.352 e. The van der Waals surface area contributed by atoms with Crippen LogP contribution >= 0.6 is 0 Å². The molecule has 3 rings (SSSR count). The fourth-order valence-corrected chi connectivity index (χ4v) is 4.65. The maximum atomic E-state index is 12.4. The van der Waals surface area contributed by atoms with Gasteiger partial charge in [0.15, 0.2) is 9.84 Å². The van der Waals surface area contributed by atoms with Crippen molar-refractivity contribution in [1.82, 2.24) is 10.6 Å². The van der Waals surface area contributed by atoms with E-state index in [1.165, 1.54) is 5.56 Å². The molecule has 1 fully saturated rings. The number of amides is 1. The summed E-state index contributed by atoms with van der Waals surface area (Å²) in [6, 6.07) is 5.52. The van der Waals surface area contributed by atoms with Gasteiger partial charge < -0.3 is 10.6 Å². The predicted octanol–water partition coefficient (Wildman–Crippen LogP) is 1.21. The van der Waals surface area contributed by atoms with Gasteiger partial charge in [0.25, 0.3) is 0 Å². The molecule has 1 atom stereocenters. The highest BCUT2D eigenvalue weighted by Crippen LogP contribution is 2.25. The molecule has 6 heteroatoms. The van der Waals surface area contributed by atoms with Crippen molar-refractivity contribution >= 4 is 15.7 Å². The van der Waals surface area contributed by atoms with Crippen LogP contribution in [0.5, 0.6) is 0 Å². The molecule has 0 spiro atoms. The Morgan fingerprint density at radius 1 is 1.22 bits per heavy atom. The van der Waals surface area contributed by atoms with E-state index in [0.29, 0.717) is 4.90 Å². The van der Waals surface area contributed by atoms with E-state index in [1.807, 2.05) is 6.07 Å². The Morgan fingerprint density at radius 2 is 2.04 bits per heavy atom. The number of carbonyl (C=O) groups excluding carboxylic acids is 1. The summed E-state index contributed by atoms with van der Waals surface area (Å²) in [5.41, 5.74) is 2.40. The Bertz CT molecular complexity index is 679. The average Bonchev–Trinajstić information content (AvgIpc) is 3.02. The second kappa shape index (κ2) is 7.01. The third-order valence-corrected chi connectivity index (χ3v) is 6.40. The molecule has 0 bridgehead atoms. The van der Waals surface area contributed by atoms with Crippen LogP contribution in [-0.4, -0.2) is 39.2 Å². The minimum Gasteiger partial charge on any atom is -0.352 e. The maximum absolute atomic E-state index is 12.4. The van der Waals surface area contributed by atoms with E-state index in [-0.39, 0.29) is 24.1 Å². The number of nitrogens with one attached hydrogen (secondary N) is 2. The van der Waals surface area contributed by atoms with Crippen molar-refractivity contribution in [2.45, 2.75) is 49.5 Å². The lowest BCUT2D eigenvalue weighted by Crippen LogP contribution is -2.45. The van der Waals surface area contributed by atoms with Crippen molar-refractivity contribution in [2.24, 2.45) is 0 Å². The number of hydrogen-bond donors (Lipinski definition) is 2. The molecule has 126 valence electrons. The van der Waals surface area contributed by atoms with E-state index in [4.69, 9.17) is 0 Å². The first-order valence-electron chi connectivity index (χ1n) is 8.39. The summed E-state index contributed by atoms with van der Waals surface area (Å²) in [7, 11) is -3.39. The second-order valence-electron chi connectivity index (χ2n) is 6.46. The van der Waals surface area contributed by atoms with E-state index < -0.39 is 9.84 Å². The van der Waals surface area contributed by atoms with Gasteiger partial charge in [-0.05, 0) is 61.9 Å². The molecule has 0 unspecified atom stereocenters. The first-order valence-corrected chi connectivity index (χ1v) is 10.0. The molecule has 5 nitrogen and oxygen atoms in total. The summed E-state index contributed by atoms with van der Waals surface area (Å²) < 4.78 is 24.9. The van der Waals surface area contributed by atoms with E-state index in [1.54, 1.807) is 12.1 Å². The number of piperidine rings is 1. The van der Waals surface area contributed by atoms with Crippen LogP contribution in [0.2, 0.25) is 0 Å². The van der Waals surface area contributed by atoms with Gasteiger partial charge in [0.2, 0.25) is 5.91 Å². The van der Waals surface area contributed by atoms with Crippen LogP contribution < -0.4 is 10.6 Å². The van der Waals surface area contributed by atoms with Gasteiger partial charge in [0.05, 0.1) is 10.6 Å². The van der Waals surface area contributed by atoms with Crippen LogP contribution in [0.4, 0.5) is 0 Å². The lowest BCUT2D eigenvalue weighted by Gasteiger charge is -2.23. The smallest absolute Gasteiger partial charge is 0.221 e. The maximum Gasteiger partial charge on any atom is 0.221 e. The number of carbonyl (C=O) groups is 1. The Labute approximate surface area is 137 Å². The SMILES string of the molecule is O=C(CCS(=O)(=O)c1ccc2c(c1)CCC2)N[C@H]1CCCNC1. The molecular formula is C17H24N2O3S. The Kier molecular flexibility index (Phi) is 5.02. The number of sulfone groups is 1. The van der Waals surface area contributed by atoms with Gasteiger partial charge in [-0.3, -0.25) is 4.79 Å². The molecule has 1 saturated heterocycles. The summed E-state index contributed by atoms with van der Waals surface area (Å²) in [4.78, 5) is 12.3. The molecule has 1 amide bonds. The minimum atomic E-state index is -3.39. The quantitative estimate of drug-likeness (QED) is 0.847. The van der Waals surface area contributed by atoms with Gasteiger partial charge in [0.1, 0.15) is 0 Å². The first kappa shape index (κ1) is 16.5. The summed E-state index contributed by atoms with van der Waals surface area (Å²) >= 11 is 0. The standard InChI is InChI=1S/C17H24N2O3S/c20-17(19-15-5-2-9-18-12-15)8-10-23(21,22)16-7-6-13-3-1-4-14(13)11-16/h6-7,11,15,18H,1-5,8-10,12H2,(H,19,20)/t15-/m0/s1. The van der Waals surface area contributed by atoms with Gasteiger partial charge in [-0.1, -0.05) is 6.07 Å². The zero-order valence-electron chi connectivity index (χ0n) is 13.3. The molecule has 1 aromatic carbocycles. The molecule has 0 saturated carbocycles. The lowest BCUT2D eigenvalue weighted by atomic mass is 10.1. The monoisotopic (exact) mass is 336 g/mol. The number of benzene rings is 1. The molecule has 1 aliphatic carbocycles. The predicted molar refractivity (Wildman–Crippen MR) is 89.2 cm³/mol. The minimum absolute atomic E-state index is 0.0237. The van der Waals surface area contributed by atoms with E-state index in [2.05, 4.69) is 10.6 Å². The molecule has 1 aliphatic heterocycles. The highest BCUT2D eigenvalue weighted by Gasteiger charge is 2.21. The Hall–Kier alpha value is -1.40. The highest BCUT2D eigenvalue weighted by molar-refractivity contribution is 7.91. The van der Waals surface area contributed by atoms with E-state index >= 15 is 0 Å². The van der Waals surface area contributed by atoms with Gasteiger partial charge in [-0.15, -0.1) is 0 Å². The molecule has 0 radical (unpaired) electrons. The van der Waals surface area contributed by atoms with Crippen LogP contribution in [0.1, 0.15) is 36.8 Å². The second-order valence-corrected chi connectivity index (χ2v) is 8.57. The number of hydrogen-bond acceptors (Lipinski definition) is 4. The number of aryl methyl sites for hydroxylation is 2. The van der Waals surface area contributed by atoms with Crippen molar-refractivity contribution in [3.63, 3.8) is 0 Å². The van der Waals surface area contributed by atoms with Crippen molar-refractivity contribution in [1.29, 1.82) is 0 Å². The average molecular weight is 336 g/mol. The third-order valence-electron chi connectivity index (χ3n) is 4.69. The van der Waals surface area contributed by atoms with E-state index in [0.717, 1.165) is 50.8 Å². The number of rotatable bonds is 5. The molecule has 2 aliphatic rings. The molecular weight excluding hydrogens is 312 g/mol. The summed E-state index contributed by atoms with van der Waals surface area (Å²) in [6.07, 6.45) is 5.10. The fourth-order valence-electron chi connectivity index (χ4n) is 3.36. The van der Waals surface area contributed by atoms with Crippen LogP contribution in [0.15, 0.2) is 23.1 Å². The zero-order valence-corrected chi connectivity index (χ0v) is 14.1. The van der Waals surface area contributed by atoms with E-state index in [9.17, 15) is 13.2 Å². The van der Waals surface area contributed by atoms with Gasteiger partial charge >= 0.3 is 0 Å². The topological polar surface area (TPSA) is 75.3 Å². The molecule has 2 N–H and O–H groups in total. The van der Waals surface area contributed by atoms with Crippen LogP contribution in [-0.2, 0) is 27.5 Å². The Morgan fingerprint density at radius 3 is 2.83 bits per heavy atom. The zero-order chi connectivity index (χ0) is 16.3. The van der Waals surface area contributed by atoms with Gasteiger partial charge in [-0.2, -0.15) is 0 Å². The van der Waals surface area contributed by atoms with Crippen molar-refractivity contribution in [3.8, 4) is 0 Å². The van der Waals surface area contributed by atoms with Gasteiger partial charge in [-0.25, -0.2) is 8.42 Å². The number of fused-ring (bicyclic) bond motifs is 1. The normalized spacial score (nSPS) is 21.0. The highest BCUT2D eigenvalue weighted by atomic mass is 32.2.